The van der Waals surface area contributed by atoms with Gasteiger partial charge in [-0.2, -0.15) is 0 Å². The summed E-state index contributed by atoms with van der Waals surface area (Å²) in [6, 6.07) is 12.0. The monoisotopic (exact) mass is 353 g/mol. The average Bonchev–Trinajstić information content (AvgIpc) is 3.11. The molecule has 0 fully saturated rings. The highest BCUT2D eigenvalue weighted by molar-refractivity contribution is 6.31. The number of fused-ring (bicyclic) bond motifs is 3. The van der Waals surface area contributed by atoms with Crippen LogP contribution in [-0.4, -0.2) is 13.1 Å². The third-order valence-corrected chi connectivity index (χ3v) is 5.79. The Bertz CT molecular complexity index is 874. The average molecular weight is 354 g/mol. The molecule has 4 heteroatoms. The lowest BCUT2D eigenvalue weighted by Gasteiger charge is -2.39. The number of hydrogen-bond donors (Lipinski definition) is 1. The van der Waals surface area contributed by atoms with Crippen molar-refractivity contribution in [1.29, 1.82) is 0 Å². The smallest absolute Gasteiger partial charge is 0.338 e. The third kappa shape index (κ3) is 2.54. The molecule has 0 saturated carbocycles. The van der Waals surface area contributed by atoms with E-state index in [4.69, 9.17) is 16.3 Å². The van der Waals surface area contributed by atoms with E-state index in [0.29, 0.717) is 17.4 Å². The number of benzene rings is 2. The molecule has 1 heterocycles. The number of methoxy groups -OCH3 is 1. The number of allylic oxidation sites excluding steroid dienone is 2. The van der Waals surface area contributed by atoms with Gasteiger partial charge in [-0.3, -0.25) is 0 Å². The van der Waals surface area contributed by atoms with Gasteiger partial charge in [-0.25, -0.2) is 4.79 Å². The lowest BCUT2D eigenvalue weighted by Crippen LogP contribution is -2.30. The summed E-state index contributed by atoms with van der Waals surface area (Å²) in [5.41, 5.74) is 4.91. The van der Waals surface area contributed by atoms with Gasteiger partial charge in [-0.1, -0.05) is 48.0 Å². The van der Waals surface area contributed by atoms with Crippen LogP contribution in [0, 0.1) is 12.8 Å². The van der Waals surface area contributed by atoms with Crippen molar-refractivity contribution in [2.75, 3.05) is 12.4 Å². The number of rotatable bonds is 2. The topological polar surface area (TPSA) is 38.3 Å². The summed E-state index contributed by atoms with van der Waals surface area (Å²) < 4.78 is 4.92. The van der Waals surface area contributed by atoms with Crippen molar-refractivity contribution in [3.63, 3.8) is 0 Å². The number of ether oxygens (including phenoxy) is 1. The second-order valence-electron chi connectivity index (χ2n) is 6.69. The van der Waals surface area contributed by atoms with Gasteiger partial charge < -0.3 is 10.1 Å². The van der Waals surface area contributed by atoms with Crippen LogP contribution in [-0.2, 0) is 4.74 Å². The lowest BCUT2D eigenvalue weighted by molar-refractivity contribution is 0.0600. The molecular formula is C21H20ClNO2. The van der Waals surface area contributed by atoms with Gasteiger partial charge in [-0.05, 0) is 48.1 Å². The van der Waals surface area contributed by atoms with Crippen LogP contribution >= 0.6 is 11.6 Å². The molecule has 4 rings (SSSR count). The molecule has 0 bridgehead atoms. The second kappa shape index (κ2) is 6.23. The van der Waals surface area contributed by atoms with Crippen LogP contribution in [0.1, 0.15) is 45.4 Å². The Morgan fingerprint density at radius 1 is 1.20 bits per heavy atom. The van der Waals surface area contributed by atoms with E-state index >= 15 is 0 Å². The Kier molecular flexibility index (Phi) is 4.04. The van der Waals surface area contributed by atoms with Crippen LogP contribution in [0.2, 0.25) is 5.02 Å². The van der Waals surface area contributed by atoms with E-state index in [1.807, 2.05) is 31.2 Å². The molecule has 2 aromatic carbocycles. The highest BCUT2D eigenvalue weighted by Gasteiger charge is 2.39. The molecule has 0 amide bonds. The van der Waals surface area contributed by atoms with Gasteiger partial charge >= 0.3 is 5.97 Å². The first-order valence-electron chi connectivity index (χ1n) is 8.51. The van der Waals surface area contributed by atoms with Gasteiger partial charge in [0.25, 0.3) is 0 Å². The molecule has 2 aliphatic rings. The molecule has 128 valence electrons. The summed E-state index contributed by atoms with van der Waals surface area (Å²) in [4.78, 5) is 12.1. The standard InChI is InChI=1S/C21H20ClNO2/c1-12-13(21(24)25-2)10-11-16-14-7-5-8-15(14)20(23-19(12)16)17-6-3-4-9-18(17)22/h3-7,9-11,14-15,20,23H,8H2,1-2H3/t14-,15-,20+/m1/s1. The summed E-state index contributed by atoms with van der Waals surface area (Å²) in [6.07, 6.45) is 5.55. The van der Waals surface area contributed by atoms with Gasteiger partial charge in [0.05, 0.1) is 18.7 Å². The van der Waals surface area contributed by atoms with Crippen LogP contribution in [0.15, 0.2) is 48.6 Å². The van der Waals surface area contributed by atoms with E-state index in [-0.39, 0.29) is 12.0 Å². The SMILES string of the molecule is COC(=O)c1ccc2c(c1C)N[C@H](c1ccccc1Cl)[C@@H]1CC=C[C@@H]21. The van der Waals surface area contributed by atoms with Crippen LogP contribution < -0.4 is 5.32 Å². The summed E-state index contributed by atoms with van der Waals surface area (Å²) in [5.74, 6) is 0.458. The van der Waals surface area contributed by atoms with E-state index < -0.39 is 0 Å². The van der Waals surface area contributed by atoms with E-state index in [0.717, 1.165) is 28.3 Å². The summed E-state index contributed by atoms with van der Waals surface area (Å²) >= 11 is 6.48. The molecule has 3 atom stereocenters. The lowest BCUT2D eigenvalue weighted by atomic mass is 9.76. The molecule has 1 aliphatic heterocycles. The fourth-order valence-electron chi connectivity index (χ4n) is 4.18. The zero-order chi connectivity index (χ0) is 17.6. The Hall–Kier alpha value is -2.26. The first kappa shape index (κ1) is 16.2. The summed E-state index contributed by atoms with van der Waals surface area (Å²) in [7, 11) is 1.41. The fourth-order valence-corrected chi connectivity index (χ4v) is 4.43. The molecule has 0 aromatic heterocycles. The molecule has 1 aliphatic carbocycles. The number of carbonyl (C=O) groups is 1. The highest BCUT2D eigenvalue weighted by atomic mass is 35.5. The first-order chi connectivity index (χ1) is 12.1. The third-order valence-electron chi connectivity index (χ3n) is 5.44. The van der Waals surface area contributed by atoms with Crippen molar-refractivity contribution in [3.8, 4) is 0 Å². The highest BCUT2D eigenvalue weighted by Crippen LogP contribution is 2.51. The van der Waals surface area contributed by atoms with Crippen LogP contribution in [0.5, 0.6) is 0 Å². The Labute approximate surface area is 152 Å². The predicted octanol–water partition coefficient (Wildman–Crippen LogP) is 5.26. The molecule has 0 unspecified atom stereocenters. The van der Waals surface area contributed by atoms with Crippen molar-refractivity contribution in [2.24, 2.45) is 5.92 Å². The van der Waals surface area contributed by atoms with E-state index in [1.165, 1.54) is 12.7 Å². The quantitative estimate of drug-likeness (QED) is 0.591. The molecule has 3 nitrogen and oxygen atoms in total. The fraction of sp³-hybridized carbons (Fsp3) is 0.286. The molecule has 2 aromatic rings. The van der Waals surface area contributed by atoms with Gasteiger partial charge in [0, 0.05) is 16.6 Å². The molecule has 0 saturated heterocycles. The van der Waals surface area contributed by atoms with Crippen molar-refractivity contribution in [3.05, 3.63) is 75.8 Å². The Morgan fingerprint density at radius 3 is 2.76 bits per heavy atom. The van der Waals surface area contributed by atoms with Crippen LogP contribution in [0.25, 0.3) is 0 Å². The molecular weight excluding hydrogens is 334 g/mol. The molecule has 0 radical (unpaired) electrons. The van der Waals surface area contributed by atoms with Gasteiger partial charge in [-0.15, -0.1) is 0 Å². The number of esters is 1. The minimum atomic E-state index is -0.305. The maximum atomic E-state index is 12.1. The van der Waals surface area contributed by atoms with E-state index in [9.17, 15) is 4.79 Å². The predicted molar refractivity (Wildman–Crippen MR) is 100 cm³/mol. The summed E-state index contributed by atoms with van der Waals surface area (Å²) in [5, 5.41) is 4.45. The zero-order valence-corrected chi connectivity index (χ0v) is 15.0. The van der Waals surface area contributed by atoms with Crippen molar-refractivity contribution >= 4 is 23.3 Å². The number of carbonyl (C=O) groups excluding carboxylic acids is 1. The minimum Gasteiger partial charge on any atom is -0.465 e. The van der Waals surface area contributed by atoms with Gasteiger partial charge in [0.1, 0.15) is 0 Å². The summed E-state index contributed by atoms with van der Waals surface area (Å²) in [6.45, 7) is 1.97. The number of hydrogen-bond acceptors (Lipinski definition) is 3. The largest absolute Gasteiger partial charge is 0.465 e. The van der Waals surface area contributed by atoms with Crippen LogP contribution in [0.4, 0.5) is 5.69 Å². The van der Waals surface area contributed by atoms with Gasteiger partial charge in [0.2, 0.25) is 0 Å². The first-order valence-corrected chi connectivity index (χ1v) is 8.89. The molecule has 1 N–H and O–H groups in total. The molecule has 0 spiro atoms. The maximum absolute atomic E-state index is 12.1. The number of halogens is 1. The van der Waals surface area contributed by atoms with Crippen molar-refractivity contribution < 1.29 is 9.53 Å². The second-order valence-corrected chi connectivity index (χ2v) is 7.10. The van der Waals surface area contributed by atoms with E-state index in [2.05, 4.69) is 29.6 Å². The maximum Gasteiger partial charge on any atom is 0.338 e. The normalized spacial score (nSPS) is 23.6. The Balaban J connectivity index is 1.85. The van der Waals surface area contributed by atoms with E-state index in [1.54, 1.807) is 0 Å². The number of nitrogens with one attached hydrogen (secondary N) is 1. The van der Waals surface area contributed by atoms with Crippen molar-refractivity contribution in [2.45, 2.75) is 25.3 Å². The van der Waals surface area contributed by atoms with Gasteiger partial charge in [0.15, 0.2) is 0 Å². The Morgan fingerprint density at radius 2 is 2.00 bits per heavy atom. The van der Waals surface area contributed by atoms with Crippen LogP contribution in [0.3, 0.4) is 0 Å². The van der Waals surface area contributed by atoms with Crippen molar-refractivity contribution in [1.82, 2.24) is 0 Å². The molecule has 25 heavy (non-hydrogen) atoms. The minimum absolute atomic E-state index is 0.118. The number of anilines is 1. The zero-order valence-electron chi connectivity index (χ0n) is 14.3.